The minimum atomic E-state index is 0.505. The molecule has 2 heterocycles. The lowest BCUT2D eigenvalue weighted by Crippen LogP contribution is -2.46. The van der Waals surface area contributed by atoms with Gasteiger partial charge in [0.2, 0.25) is 0 Å². The van der Waals surface area contributed by atoms with Crippen molar-refractivity contribution in [3.63, 3.8) is 0 Å². The number of rotatable bonds is 1. The number of hydrogen-bond acceptors (Lipinski definition) is 3. The van der Waals surface area contributed by atoms with Crippen molar-refractivity contribution in [1.29, 1.82) is 0 Å². The number of aryl methyl sites for hydroxylation is 1. The van der Waals surface area contributed by atoms with Crippen LogP contribution in [0.3, 0.4) is 0 Å². The van der Waals surface area contributed by atoms with Gasteiger partial charge >= 0.3 is 0 Å². The van der Waals surface area contributed by atoms with E-state index < -0.39 is 0 Å². The van der Waals surface area contributed by atoms with Crippen LogP contribution in [-0.4, -0.2) is 22.6 Å². The van der Waals surface area contributed by atoms with Gasteiger partial charge in [-0.1, -0.05) is 25.4 Å². The van der Waals surface area contributed by atoms with Crippen molar-refractivity contribution in [2.75, 3.05) is 11.4 Å². The molecule has 1 fully saturated rings. The third-order valence-corrected chi connectivity index (χ3v) is 4.41. The fourth-order valence-corrected chi connectivity index (χ4v) is 3.06. The zero-order valence-corrected chi connectivity index (χ0v) is 12.6. The van der Waals surface area contributed by atoms with Crippen LogP contribution in [0.15, 0.2) is 0 Å². The van der Waals surface area contributed by atoms with Crippen molar-refractivity contribution >= 4 is 17.4 Å². The Morgan fingerprint density at radius 1 is 1.17 bits per heavy atom. The van der Waals surface area contributed by atoms with E-state index in [2.05, 4.69) is 35.6 Å². The van der Waals surface area contributed by atoms with Crippen molar-refractivity contribution in [3.8, 4) is 0 Å². The second-order valence-electron chi connectivity index (χ2n) is 5.72. The summed E-state index contributed by atoms with van der Waals surface area (Å²) in [4.78, 5) is 11.2. The summed E-state index contributed by atoms with van der Waals surface area (Å²) in [5.41, 5.74) is 0.996. The maximum Gasteiger partial charge on any atom is 0.137 e. The van der Waals surface area contributed by atoms with E-state index >= 15 is 0 Å². The summed E-state index contributed by atoms with van der Waals surface area (Å²) in [7, 11) is 0. The molecule has 0 bridgehead atoms. The number of hydrogen-bond donors (Lipinski definition) is 0. The van der Waals surface area contributed by atoms with E-state index in [9.17, 15) is 0 Å². The van der Waals surface area contributed by atoms with Crippen molar-refractivity contribution < 1.29 is 0 Å². The Balaban J connectivity index is 2.41. The molecular formula is C14H22ClN3. The van der Waals surface area contributed by atoms with Gasteiger partial charge in [0.15, 0.2) is 0 Å². The molecule has 2 rings (SSSR count). The summed E-state index contributed by atoms with van der Waals surface area (Å²) in [6.07, 6.45) is 1.29. The monoisotopic (exact) mass is 267 g/mol. The molecule has 100 valence electrons. The quantitative estimate of drug-likeness (QED) is 0.728. The van der Waals surface area contributed by atoms with Gasteiger partial charge < -0.3 is 4.90 Å². The highest BCUT2D eigenvalue weighted by Crippen LogP contribution is 2.33. The highest BCUT2D eigenvalue weighted by Gasteiger charge is 2.31. The third-order valence-electron chi connectivity index (χ3n) is 4.04. The van der Waals surface area contributed by atoms with Crippen LogP contribution < -0.4 is 4.90 Å². The Hall–Kier alpha value is -0.830. The lowest BCUT2D eigenvalue weighted by molar-refractivity contribution is 0.295. The molecule has 1 saturated heterocycles. The lowest BCUT2D eigenvalue weighted by atomic mass is 9.86. The predicted octanol–water partition coefficient (Wildman–Crippen LogP) is 3.62. The lowest BCUT2D eigenvalue weighted by Gasteiger charge is -2.42. The normalized spacial score (nSPS) is 28.6. The minimum Gasteiger partial charge on any atom is -0.353 e. The molecule has 1 aromatic heterocycles. The number of anilines is 1. The average Bonchev–Trinajstić information content (AvgIpc) is 2.28. The van der Waals surface area contributed by atoms with Crippen LogP contribution in [0.5, 0.6) is 0 Å². The molecule has 0 aliphatic carbocycles. The maximum absolute atomic E-state index is 6.18. The summed E-state index contributed by atoms with van der Waals surface area (Å²) in [5.74, 6) is 3.14. The molecule has 1 aliphatic heterocycles. The molecule has 1 aliphatic rings. The largest absolute Gasteiger partial charge is 0.353 e. The molecule has 1 aromatic rings. The Labute approximate surface area is 115 Å². The summed E-state index contributed by atoms with van der Waals surface area (Å²) < 4.78 is 0. The van der Waals surface area contributed by atoms with E-state index in [1.807, 2.05) is 13.8 Å². The summed E-state index contributed by atoms with van der Waals surface area (Å²) >= 11 is 6.18. The van der Waals surface area contributed by atoms with Crippen LogP contribution >= 0.6 is 11.6 Å². The van der Waals surface area contributed by atoms with Crippen LogP contribution in [-0.2, 0) is 0 Å². The smallest absolute Gasteiger partial charge is 0.137 e. The van der Waals surface area contributed by atoms with E-state index in [1.54, 1.807) is 0 Å². The van der Waals surface area contributed by atoms with Crippen LogP contribution in [0.25, 0.3) is 0 Å². The zero-order chi connectivity index (χ0) is 13.4. The zero-order valence-electron chi connectivity index (χ0n) is 11.9. The first-order valence-corrected chi connectivity index (χ1v) is 7.05. The molecule has 3 atom stereocenters. The summed E-state index contributed by atoms with van der Waals surface area (Å²) in [5, 5.41) is 0.579. The summed E-state index contributed by atoms with van der Waals surface area (Å²) in [6, 6.07) is 0.505. The van der Waals surface area contributed by atoms with Crippen LogP contribution in [0, 0.1) is 25.7 Å². The van der Waals surface area contributed by atoms with Gasteiger partial charge in [-0.15, -0.1) is 0 Å². The van der Waals surface area contributed by atoms with E-state index in [1.165, 1.54) is 6.42 Å². The van der Waals surface area contributed by atoms with E-state index in [4.69, 9.17) is 11.6 Å². The van der Waals surface area contributed by atoms with Gasteiger partial charge in [-0.3, -0.25) is 0 Å². The Bertz CT molecular complexity index is 447. The number of nitrogens with zero attached hydrogens (tertiary/aromatic N) is 3. The van der Waals surface area contributed by atoms with E-state index in [0.717, 1.165) is 23.8 Å². The third kappa shape index (κ3) is 2.46. The average molecular weight is 268 g/mol. The molecule has 18 heavy (non-hydrogen) atoms. The highest BCUT2D eigenvalue weighted by atomic mass is 35.5. The van der Waals surface area contributed by atoms with Crippen molar-refractivity contribution in [1.82, 2.24) is 9.97 Å². The second-order valence-corrected chi connectivity index (χ2v) is 6.08. The number of piperidine rings is 1. The summed E-state index contributed by atoms with van der Waals surface area (Å²) in [6.45, 7) is 11.9. The van der Waals surface area contributed by atoms with Gasteiger partial charge in [-0.05, 0) is 39.0 Å². The maximum atomic E-state index is 6.18. The highest BCUT2D eigenvalue weighted by molar-refractivity contribution is 6.30. The van der Waals surface area contributed by atoms with Gasteiger partial charge in [0.25, 0.3) is 0 Å². The van der Waals surface area contributed by atoms with Crippen molar-refractivity contribution in [2.24, 2.45) is 11.8 Å². The molecule has 0 spiro atoms. The standard InChI is InChI=1S/C14H22ClN3/c1-8-6-9(2)11(4)18(7-8)14-10(3)13(15)16-12(5)17-14/h8-9,11H,6-7H2,1-5H3. The fraction of sp³-hybridized carbons (Fsp3) is 0.714. The van der Waals surface area contributed by atoms with Gasteiger partial charge in [0.05, 0.1) is 0 Å². The topological polar surface area (TPSA) is 29.0 Å². The van der Waals surface area contributed by atoms with Gasteiger partial charge in [-0.2, -0.15) is 0 Å². The molecule has 0 saturated carbocycles. The van der Waals surface area contributed by atoms with Crippen molar-refractivity contribution in [2.45, 2.75) is 47.1 Å². The SMILES string of the molecule is Cc1nc(Cl)c(C)c(N2CC(C)CC(C)C2C)n1. The number of aromatic nitrogens is 2. The molecule has 0 radical (unpaired) electrons. The Morgan fingerprint density at radius 2 is 1.83 bits per heavy atom. The molecular weight excluding hydrogens is 246 g/mol. The van der Waals surface area contributed by atoms with Crippen LogP contribution in [0.4, 0.5) is 5.82 Å². The minimum absolute atomic E-state index is 0.505. The Kier molecular flexibility index (Phi) is 3.81. The molecule has 3 unspecified atom stereocenters. The van der Waals surface area contributed by atoms with Crippen LogP contribution in [0.2, 0.25) is 5.15 Å². The molecule has 4 heteroatoms. The molecule has 3 nitrogen and oxygen atoms in total. The van der Waals surface area contributed by atoms with Crippen LogP contribution in [0.1, 0.15) is 38.6 Å². The van der Waals surface area contributed by atoms with Crippen molar-refractivity contribution in [3.05, 3.63) is 16.5 Å². The number of halogens is 1. The van der Waals surface area contributed by atoms with Gasteiger partial charge in [0.1, 0.15) is 16.8 Å². The molecule has 0 N–H and O–H groups in total. The first-order chi connectivity index (χ1) is 8.40. The molecule has 0 amide bonds. The first-order valence-electron chi connectivity index (χ1n) is 6.67. The second kappa shape index (κ2) is 5.04. The van der Waals surface area contributed by atoms with Gasteiger partial charge in [-0.25, -0.2) is 9.97 Å². The fourth-order valence-electron chi connectivity index (χ4n) is 2.85. The first kappa shape index (κ1) is 13.6. The predicted molar refractivity (Wildman–Crippen MR) is 76.3 cm³/mol. The van der Waals surface area contributed by atoms with E-state index in [0.29, 0.717) is 23.0 Å². The van der Waals surface area contributed by atoms with Gasteiger partial charge in [0, 0.05) is 18.2 Å². The van der Waals surface area contributed by atoms with E-state index in [-0.39, 0.29) is 0 Å². The Morgan fingerprint density at radius 3 is 2.50 bits per heavy atom. The molecule has 0 aromatic carbocycles.